The highest BCUT2D eigenvalue weighted by atomic mass is 16.6. The number of carbonyl (C=O) groups excluding carboxylic acids is 1. The molecule has 0 N–H and O–H groups in total. The average Bonchev–Trinajstić information content (AvgIpc) is 2.69. The molecule has 0 aliphatic carbocycles. The van der Waals surface area contributed by atoms with E-state index in [1.54, 1.807) is 0 Å². The van der Waals surface area contributed by atoms with Crippen LogP contribution in [0, 0.1) is 0 Å². The number of methoxy groups -OCH3 is 1. The molecule has 0 fully saturated rings. The van der Waals surface area contributed by atoms with E-state index < -0.39 is 0 Å². The first-order valence-electron chi connectivity index (χ1n) is 4.96. The molecule has 0 saturated heterocycles. The molecule has 0 aliphatic rings. The minimum absolute atomic E-state index is 0.0650. The summed E-state index contributed by atoms with van der Waals surface area (Å²) in [5.74, 6) is 0.316. The Kier molecular flexibility index (Phi) is 2.81. The molecule has 1 aromatic heterocycles. The van der Waals surface area contributed by atoms with Crippen LogP contribution in [0.5, 0.6) is 5.75 Å². The molecule has 0 radical (unpaired) electrons. The van der Waals surface area contributed by atoms with E-state index in [1.165, 1.54) is 7.11 Å². The molecule has 0 atom stereocenters. The lowest BCUT2D eigenvalue weighted by Gasteiger charge is -2.06. The Morgan fingerprint density at radius 1 is 1.38 bits per heavy atom. The number of nitrogens with zero attached hydrogens (tertiary/aromatic N) is 1. The molecule has 0 bridgehead atoms. The van der Waals surface area contributed by atoms with Crippen molar-refractivity contribution < 1.29 is 14.3 Å². The van der Waals surface area contributed by atoms with Crippen molar-refractivity contribution in [2.24, 2.45) is 7.05 Å². The van der Waals surface area contributed by atoms with Gasteiger partial charge < -0.3 is 14.0 Å². The Balaban J connectivity index is 2.27. The molecule has 0 saturated carbocycles. The third-order valence-corrected chi connectivity index (χ3v) is 2.46. The molecular weight excluding hydrogens is 206 g/mol. The quantitative estimate of drug-likeness (QED) is 0.738. The van der Waals surface area contributed by atoms with Gasteiger partial charge in [-0.25, -0.2) is 4.79 Å². The van der Waals surface area contributed by atoms with Gasteiger partial charge in [0.2, 0.25) is 0 Å². The number of aromatic nitrogens is 1. The van der Waals surface area contributed by atoms with Crippen molar-refractivity contribution in [1.29, 1.82) is 0 Å². The normalized spacial score (nSPS) is 10.4. The SMILES string of the molecule is COC(=O)COc1cccc2c1ccn2C. The first-order valence-corrected chi connectivity index (χ1v) is 4.96. The van der Waals surface area contributed by atoms with Crippen molar-refractivity contribution in [2.75, 3.05) is 13.7 Å². The van der Waals surface area contributed by atoms with Crippen LogP contribution in [0.15, 0.2) is 30.5 Å². The van der Waals surface area contributed by atoms with Crippen LogP contribution in [0.25, 0.3) is 10.9 Å². The predicted molar refractivity (Wildman–Crippen MR) is 60.4 cm³/mol. The van der Waals surface area contributed by atoms with Crippen molar-refractivity contribution in [3.63, 3.8) is 0 Å². The molecule has 84 valence electrons. The van der Waals surface area contributed by atoms with E-state index in [9.17, 15) is 4.79 Å². The zero-order chi connectivity index (χ0) is 11.5. The van der Waals surface area contributed by atoms with Gasteiger partial charge in [0.25, 0.3) is 0 Å². The number of aryl methyl sites for hydroxylation is 1. The maximum atomic E-state index is 11.0. The number of hydrogen-bond donors (Lipinski definition) is 0. The summed E-state index contributed by atoms with van der Waals surface area (Å²) in [4.78, 5) is 11.0. The van der Waals surface area contributed by atoms with Crippen molar-refractivity contribution in [1.82, 2.24) is 4.57 Å². The standard InChI is InChI=1S/C12H13NO3/c1-13-7-6-9-10(13)4-3-5-11(9)16-8-12(14)15-2/h3-7H,8H2,1-2H3. The van der Waals surface area contributed by atoms with Gasteiger partial charge >= 0.3 is 5.97 Å². The maximum absolute atomic E-state index is 11.0. The zero-order valence-electron chi connectivity index (χ0n) is 9.27. The lowest BCUT2D eigenvalue weighted by atomic mass is 10.2. The van der Waals surface area contributed by atoms with E-state index in [0.29, 0.717) is 5.75 Å². The monoisotopic (exact) mass is 219 g/mol. The van der Waals surface area contributed by atoms with Gasteiger partial charge in [-0.1, -0.05) is 6.07 Å². The highest BCUT2D eigenvalue weighted by Gasteiger charge is 2.06. The Bertz CT molecular complexity index is 516. The predicted octanol–water partition coefficient (Wildman–Crippen LogP) is 1.73. The van der Waals surface area contributed by atoms with E-state index >= 15 is 0 Å². The first-order chi connectivity index (χ1) is 7.72. The summed E-state index contributed by atoms with van der Waals surface area (Å²) < 4.78 is 11.9. The Morgan fingerprint density at radius 3 is 2.94 bits per heavy atom. The fraction of sp³-hybridized carbons (Fsp3) is 0.250. The molecule has 1 heterocycles. The van der Waals surface area contributed by atoms with Crippen LogP contribution < -0.4 is 4.74 Å². The summed E-state index contributed by atoms with van der Waals surface area (Å²) in [6, 6.07) is 7.70. The van der Waals surface area contributed by atoms with Crippen LogP contribution in [0.4, 0.5) is 0 Å². The van der Waals surface area contributed by atoms with Crippen molar-refractivity contribution in [3.05, 3.63) is 30.5 Å². The summed E-state index contributed by atoms with van der Waals surface area (Å²) in [6.07, 6.45) is 1.95. The van der Waals surface area contributed by atoms with E-state index in [4.69, 9.17) is 4.74 Å². The molecule has 0 unspecified atom stereocenters. The van der Waals surface area contributed by atoms with Gasteiger partial charge in [-0.15, -0.1) is 0 Å². The third-order valence-electron chi connectivity index (χ3n) is 2.46. The second-order valence-corrected chi connectivity index (χ2v) is 3.48. The number of ether oxygens (including phenoxy) is 2. The molecule has 0 amide bonds. The summed E-state index contributed by atoms with van der Waals surface area (Å²) in [5.41, 5.74) is 1.07. The topological polar surface area (TPSA) is 40.5 Å². The number of hydrogen-bond acceptors (Lipinski definition) is 3. The maximum Gasteiger partial charge on any atom is 0.343 e. The minimum Gasteiger partial charge on any atom is -0.481 e. The van der Waals surface area contributed by atoms with Gasteiger partial charge in [-0.2, -0.15) is 0 Å². The Morgan fingerprint density at radius 2 is 2.19 bits per heavy atom. The van der Waals surface area contributed by atoms with Gasteiger partial charge in [0.05, 0.1) is 12.6 Å². The van der Waals surface area contributed by atoms with Crippen LogP contribution >= 0.6 is 0 Å². The Labute approximate surface area is 93.4 Å². The molecule has 2 rings (SSSR count). The number of fused-ring (bicyclic) bond motifs is 1. The second kappa shape index (κ2) is 4.26. The van der Waals surface area contributed by atoms with E-state index in [-0.39, 0.29) is 12.6 Å². The van der Waals surface area contributed by atoms with Crippen LogP contribution in [0.2, 0.25) is 0 Å². The fourth-order valence-electron chi connectivity index (χ4n) is 1.60. The van der Waals surface area contributed by atoms with Crippen molar-refractivity contribution in [3.8, 4) is 5.75 Å². The van der Waals surface area contributed by atoms with Crippen LogP contribution in [-0.4, -0.2) is 24.3 Å². The van der Waals surface area contributed by atoms with E-state index in [2.05, 4.69) is 4.74 Å². The van der Waals surface area contributed by atoms with Gasteiger partial charge in [0, 0.05) is 18.6 Å². The molecule has 4 heteroatoms. The number of rotatable bonds is 3. The highest BCUT2D eigenvalue weighted by molar-refractivity contribution is 5.86. The molecule has 0 spiro atoms. The second-order valence-electron chi connectivity index (χ2n) is 3.48. The van der Waals surface area contributed by atoms with Crippen LogP contribution in [0.3, 0.4) is 0 Å². The summed E-state index contributed by atoms with van der Waals surface area (Å²) in [6.45, 7) is -0.0650. The van der Waals surface area contributed by atoms with Gasteiger partial charge in [-0.05, 0) is 18.2 Å². The molecule has 1 aromatic carbocycles. The first kappa shape index (κ1) is 10.5. The highest BCUT2D eigenvalue weighted by Crippen LogP contribution is 2.25. The average molecular weight is 219 g/mol. The molecule has 4 nitrogen and oxygen atoms in total. The lowest BCUT2D eigenvalue weighted by Crippen LogP contribution is -2.12. The van der Waals surface area contributed by atoms with E-state index in [1.807, 2.05) is 42.1 Å². The van der Waals surface area contributed by atoms with Gasteiger partial charge in [-0.3, -0.25) is 0 Å². The third kappa shape index (κ3) is 1.86. The summed E-state index contributed by atoms with van der Waals surface area (Å²) in [5, 5.41) is 0.994. The van der Waals surface area contributed by atoms with Crippen molar-refractivity contribution in [2.45, 2.75) is 0 Å². The fourth-order valence-corrected chi connectivity index (χ4v) is 1.60. The largest absolute Gasteiger partial charge is 0.481 e. The Hall–Kier alpha value is -1.97. The molecular formula is C12H13NO3. The van der Waals surface area contributed by atoms with Crippen LogP contribution in [0.1, 0.15) is 0 Å². The number of carbonyl (C=O) groups is 1. The minimum atomic E-state index is -0.382. The molecule has 2 aromatic rings. The summed E-state index contributed by atoms with van der Waals surface area (Å²) in [7, 11) is 3.31. The van der Waals surface area contributed by atoms with Crippen LogP contribution in [-0.2, 0) is 16.6 Å². The number of benzene rings is 1. The van der Waals surface area contributed by atoms with Gasteiger partial charge in [0.15, 0.2) is 6.61 Å². The number of esters is 1. The zero-order valence-corrected chi connectivity index (χ0v) is 9.27. The smallest absolute Gasteiger partial charge is 0.343 e. The molecule has 16 heavy (non-hydrogen) atoms. The van der Waals surface area contributed by atoms with E-state index in [0.717, 1.165) is 10.9 Å². The molecule has 0 aliphatic heterocycles. The summed E-state index contributed by atoms with van der Waals surface area (Å²) >= 11 is 0. The van der Waals surface area contributed by atoms with Crippen molar-refractivity contribution >= 4 is 16.9 Å². The van der Waals surface area contributed by atoms with Gasteiger partial charge in [0.1, 0.15) is 5.75 Å². The lowest BCUT2D eigenvalue weighted by molar-refractivity contribution is -0.142.